The summed E-state index contributed by atoms with van der Waals surface area (Å²) in [5, 5.41) is 0.755. The van der Waals surface area contributed by atoms with Crippen molar-refractivity contribution in [2.45, 2.75) is 20.3 Å². The predicted molar refractivity (Wildman–Crippen MR) is 107 cm³/mol. The number of halogens is 3. The molecule has 0 radical (unpaired) electrons. The molecule has 0 saturated carbocycles. The number of hydrogen-bond acceptors (Lipinski definition) is 6. The molecule has 2 rings (SSSR count). The van der Waals surface area contributed by atoms with Gasteiger partial charge in [0.05, 0.1) is 17.3 Å². The van der Waals surface area contributed by atoms with E-state index in [0.29, 0.717) is 21.5 Å². The second kappa shape index (κ2) is 10.1. The second-order valence-electron chi connectivity index (χ2n) is 5.19. The van der Waals surface area contributed by atoms with Crippen LogP contribution in [-0.2, 0) is 27.6 Å². The van der Waals surface area contributed by atoms with E-state index in [4.69, 9.17) is 37.4 Å². The Kier molecular flexibility index (Phi) is 8.14. The van der Waals surface area contributed by atoms with E-state index >= 15 is 0 Å². The standard InChI is InChI=1S/C16H15Cl2IN2O6/c1-9(22)26-5-4-25-8-21-12(14(19)15(23)20-16(21)24)7-27-13-3-2-10(17)6-11(13)18/h2-3,6H,4-5,7-8H2,1H3,(H,20,23,24). The Balaban J connectivity index is 2.17. The van der Waals surface area contributed by atoms with Crippen LogP contribution in [0.25, 0.3) is 0 Å². The van der Waals surface area contributed by atoms with Gasteiger partial charge in [-0.25, -0.2) is 4.79 Å². The molecular formula is C16H15Cl2IN2O6. The van der Waals surface area contributed by atoms with Gasteiger partial charge in [-0.05, 0) is 40.8 Å². The number of nitrogens with one attached hydrogen (secondary N) is 1. The molecule has 2 aromatic rings. The van der Waals surface area contributed by atoms with Crippen LogP contribution in [0.1, 0.15) is 12.6 Å². The number of ether oxygens (including phenoxy) is 3. The SMILES string of the molecule is CC(=O)OCCOCn1c(COc2ccc(Cl)cc2Cl)c(I)c(=O)[nH]c1=O. The van der Waals surface area contributed by atoms with Crippen LogP contribution < -0.4 is 16.0 Å². The van der Waals surface area contributed by atoms with Gasteiger partial charge in [0.1, 0.15) is 29.3 Å². The molecule has 0 saturated heterocycles. The molecule has 1 heterocycles. The normalized spacial score (nSPS) is 10.7. The van der Waals surface area contributed by atoms with Gasteiger partial charge >= 0.3 is 11.7 Å². The highest BCUT2D eigenvalue weighted by atomic mass is 127. The van der Waals surface area contributed by atoms with Gasteiger partial charge in [-0.1, -0.05) is 23.2 Å². The summed E-state index contributed by atoms with van der Waals surface area (Å²) in [4.78, 5) is 37.0. The Morgan fingerprint density at radius 3 is 2.67 bits per heavy atom. The summed E-state index contributed by atoms with van der Waals surface area (Å²) < 4.78 is 17.2. The van der Waals surface area contributed by atoms with Crippen LogP contribution in [-0.4, -0.2) is 28.7 Å². The van der Waals surface area contributed by atoms with Crippen molar-refractivity contribution in [2.24, 2.45) is 0 Å². The van der Waals surface area contributed by atoms with Gasteiger partial charge in [0.25, 0.3) is 5.56 Å². The molecule has 1 N–H and O–H groups in total. The third-order valence-corrected chi connectivity index (χ3v) is 4.90. The zero-order valence-electron chi connectivity index (χ0n) is 14.1. The lowest BCUT2D eigenvalue weighted by Crippen LogP contribution is -2.36. The lowest BCUT2D eigenvalue weighted by Gasteiger charge is -2.15. The van der Waals surface area contributed by atoms with E-state index in [1.54, 1.807) is 12.1 Å². The molecule has 0 unspecified atom stereocenters. The van der Waals surface area contributed by atoms with E-state index in [2.05, 4.69) is 4.98 Å². The Labute approximate surface area is 177 Å². The fourth-order valence-corrected chi connectivity index (χ4v) is 3.05. The quantitative estimate of drug-likeness (QED) is 0.321. The van der Waals surface area contributed by atoms with Crippen LogP contribution in [0.4, 0.5) is 0 Å². The zero-order valence-corrected chi connectivity index (χ0v) is 17.8. The molecule has 0 aliphatic carbocycles. The third kappa shape index (κ3) is 6.23. The highest BCUT2D eigenvalue weighted by molar-refractivity contribution is 14.1. The Morgan fingerprint density at radius 1 is 1.26 bits per heavy atom. The smallest absolute Gasteiger partial charge is 0.330 e. The van der Waals surface area contributed by atoms with Crippen molar-refractivity contribution in [2.75, 3.05) is 13.2 Å². The lowest BCUT2D eigenvalue weighted by molar-refractivity contribution is -0.142. The molecule has 11 heteroatoms. The number of aromatic nitrogens is 2. The van der Waals surface area contributed by atoms with Crippen molar-refractivity contribution in [1.29, 1.82) is 0 Å². The maximum Gasteiger partial charge on any atom is 0.330 e. The number of H-pyrrole nitrogens is 1. The molecule has 27 heavy (non-hydrogen) atoms. The van der Waals surface area contributed by atoms with Gasteiger partial charge in [-0.3, -0.25) is 19.1 Å². The van der Waals surface area contributed by atoms with Gasteiger partial charge in [0.2, 0.25) is 0 Å². The number of aromatic amines is 1. The first-order valence-electron chi connectivity index (χ1n) is 7.60. The van der Waals surface area contributed by atoms with E-state index in [1.807, 2.05) is 22.6 Å². The number of nitrogens with zero attached hydrogens (tertiary/aromatic N) is 1. The summed E-state index contributed by atoms with van der Waals surface area (Å²) in [6.45, 7) is 1.18. The summed E-state index contributed by atoms with van der Waals surface area (Å²) in [5.74, 6) is -0.0739. The number of carbonyl (C=O) groups excluding carboxylic acids is 1. The summed E-state index contributed by atoms with van der Waals surface area (Å²) in [5.41, 5.74) is -0.853. The van der Waals surface area contributed by atoms with Crippen molar-refractivity contribution in [3.05, 3.63) is 58.3 Å². The van der Waals surface area contributed by atoms with Crippen molar-refractivity contribution in [1.82, 2.24) is 9.55 Å². The number of rotatable bonds is 8. The van der Waals surface area contributed by atoms with E-state index in [-0.39, 0.29) is 30.1 Å². The van der Waals surface area contributed by atoms with Gasteiger partial charge in [0, 0.05) is 11.9 Å². The molecule has 0 aliphatic rings. The molecule has 1 aromatic heterocycles. The number of hydrogen-bond donors (Lipinski definition) is 1. The molecule has 1 aromatic carbocycles. The molecule has 8 nitrogen and oxygen atoms in total. The first-order chi connectivity index (χ1) is 12.8. The Bertz CT molecular complexity index is 943. The lowest BCUT2D eigenvalue weighted by atomic mass is 10.3. The van der Waals surface area contributed by atoms with Crippen LogP contribution in [0.3, 0.4) is 0 Å². The minimum Gasteiger partial charge on any atom is -0.486 e. The van der Waals surface area contributed by atoms with Crippen LogP contribution in [0.2, 0.25) is 10.0 Å². The highest BCUT2D eigenvalue weighted by Gasteiger charge is 2.15. The molecule has 146 valence electrons. The largest absolute Gasteiger partial charge is 0.486 e. The molecular weight excluding hydrogens is 514 g/mol. The van der Waals surface area contributed by atoms with Crippen molar-refractivity contribution >= 4 is 51.8 Å². The molecule has 0 fully saturated rings. The summed E-state index contributed by atoms with van der Waals surface area (Å²) in [6.07, 6.45) is 0. The number of benzene rings is 1. The molecule has 0 bridgehead atoms. The van der Waals surface area contributed by atoms with E-state index in [9.17, 15) is 14.4 Å². The zero-order chi connectivity index (χ0) is 20.0. The van der Waals surface area contributed by atoms with Crippen LogP contribution in [0, 0.1) is 3.57 Å². The fraction of sp³-hybridized carbons (Fsp3) is 0.312. The highest BCUT2D eigenvalue weighted by Crippen LogP contribution is 2.28. The van der Waals surface area contributed by atoms with Gasteiger partial charge in [-0.2, -0.15) is 0 Å². The van der Waals surface area contributed by atoms with Crippen molar-refractivity contribution in [3.8, 4) is 5.75 Å². The summed E-state index contributed by atoms with van der Waals surface area (Å²) >= 11 is 13.7. The average Bonchev–Trinajstić information content (AvgIpc) is 2.59. The Morgan fingerprint density at radius 2 is 2.00 bits per heavy atom. The molecule has 0 atom stereocenters. The van der Waals surface area contributed by atoms with Crippen molar-refractivity contribution < 1.29 is 19.0 Å². The topological polar surface area (TPSA) is 99.6 Å². The van der Waals surface area contributed by atoms with Crippen molar-refractivity contribution in [3.63, 3.8) is 0 Å². The fourth-order valence-electron chi connectivity index (χ4n) is 2.01. The molecule has 0 amide bonds. The van der Waals surface area contributed by atoms with Gasteiger partial charge < -0.3 is 14.2 Å². The molecule has 0 spiro atoms. The molecule has 0 aliphatic heterocycles. The summed E-state index contributed by atoms with van der Waals surface area (Å²) in [6, 6.07) is 4.71. The van der Waals surface area contributed by atoms with E-state index < -0.39 is 17.2 Å². The first-order valence-corrected chi connectivity index (χ1v) is 9.43. The monoisotopic (exact) mass is 528 g/mol. The number of carbonyl (C=O) groups is 1. The Hall–Kier alpha value is -1.56. The first kappa shape index (κ1) is 21.7. The number of esters is 1. The maximum absolute atomic E-state index is 12.1. The van der Waals surface area contributed by atoms with E-state index in [0.717, 1.165) is 0 Å². The second-order valence-corrected chi connectivity index (χ2v) is 7.11. The minimum absolute atomic E-state index is 0.0523. The average molecular weight is 529 g/mol. The maximum atomic E-state index is 12.1. The van der Waals surface area contributed by atoms with Gasteiger partial charge in [-0.15, -0.1) is 0 Å². The van der Waals surface area contributed by atoms with Crippen LogP contribution >= 0.6 is 45.8 Å². The summed E-state index contributed by atoms with van der Waals surface area (Å²) in [7, 11) is 0. The minimum atomic E-state index is -0.645. The van der Waals surface area contributed by atoms with Gasteiger partial charge in [0.15, 0.2) is 0 Å². The van der Waals surface area contributed by atoms with Crippen LogP contribution in [0.5, 0.6) is 5.75 Å². The van der Waals surface area contributed by atoms with E-state index in [1.165, 1.54) is 17.6 Å². The van der Waals surface area contributed by atoms with Crippen LogP contribution in [0.15, 0.2) is 27.8 Å². The third-order valence-electron chi connectivity index (χ3n) is 3.26. The predicted octanol–water partition coefficient (Wildman–Crippen LogP) is 2.56.